The van der Waals surface area contributed by atoms with Gasteiger partial charge in [-0.25, -0.2) is 9.97 Å². The lowest BCUT2D eigenvalue weighted by molar-refractivity contribution is 0.104. The van der Waals surface area contributed by atoms with E-state index in [1.807, 2.05) is 30.3 Å². The number of ketones is 2. The second kappa shape index (κ2) is 8.97. The van der Waals surface area contributed by atoms with Crippen LogP contribution in [-0.4, -0.2) is 48.8 Å². The van der Waals surface area contributed by atoms with Crippen molar-refractivity contribution in [3.05, 3.63) is 81.3 Å². The first-order valence-electron chi connectivity index (χ1n) is 10.9. The van der Waals surface area contributed by atoms with E-state index in [4.69, 9.17) is 9.47 Å². The van der Waals surface area contributed by atoms with Crippen LogP contribution in [0.1, 0.15) is 33.9 Å². The maximum absolute atomic E-state index is 13.4. The Bertz CT molecular complexity index is 1460. The van der Waals surface area contributed by atoms with Gasteiger partial charge in [-0.3, -0.25) is 19.6 Å². The van der Waals surface area contributed by atoms with Crippen molar-refractivity contribution in [1.82, 2.24) is 9.97 Å². The van der Waals surface area contributed by atoms with Gasteiger partial charge in [0, 0.05) is 40.9 Å². The molecule has 0 saturated carbocycles. The van der Waals surface area contributed by atoms with E-state index in [1.165, 1.54) is 12.3 Å². The molecule has 2 aliphatic heterocycles. The summed E-state index contributed by atoms with van der Waals surface area (Å²) in [5.74, 6) is 0.715. The number of carbonyl (C=O) groups is 2. The summed E-state index contributed by atoms with van der Waals surface area (Å²) in [7, 11) is 3.15. The highest BCUT2D eigenvalue weighted by molar-refractivity contribution is 6.25. The molecule has 0 amide bonds. The molecule has 0 spiro atoms. The van der Waals surface area contributed by atoms with E-state index >= 15 is 0 Å². The molecule has 2 aliphatic rings. The summed E-state index contributed by atoms with van der Waals surface area (Å²) in [6, 6.07) is 12.4. The number of carbonyl (C=O) groups excluding carboxylic acids is 2. The van der Waals surface area contributed by atoms with E-state index in [9.17, 15) is 9.59 Å². The van der Waals surface area contributed by atoms with Gasteiger partial charge in [-0.05, 0) is 55.3 Å². The first kappa shape index (κ1) is 21.6. The molecule has 3 aromatic rings. The highest BCUT2D eigenvalue weighted by Crippen LogP contribution is 2.16. The Kier molecular flexibility index (Phi) is 5.71. The second-order valence-electron chi connectivity index (χ2n) is 7.91. The predicted octanol–water partition coefficient (Wildman–Crippen LogP) is 0.608. The van der Waals surface area contributed by atoms with Gasteiger partial charge < -0.3 is 9.47 Å². The zero-order chi connectivity index (χ0) is 23.7. The number of benzene rings is 2. The predicted molar refractivity (Wildman–Crippen MR) is 124 cm³/mol. The van der Waals surface area contributed by atoms with Gasteiger partial charge in [-0.2, -0.15) is 0 Å². The van der Waals surface area contributed by atoms with Crippen molar-refractivity contribution < 1.29 is 19.1 Å². The average molecular weight is 454 g/mol. The second-order valence-corrected chi connectivity index (χ2v) is 7.91. The monoisotopic (exact) mass is 454 g/mol. The number of hydrogen-bond donors (Lipinski definition) is 0. The largest absolute Gasteiger partial charge is 0.497 e. The minimum atomic E-state index is -0.315. The average Bonchev–Trinajstić information content (AvgIpc) is 2.91. The van der Waals surface area contributed by atoms with Gasteiger partial charge in [0.15, 0.2) is 0 Å². The van der Waals surface area contributed by atoms with Gasteiger partial charge in [0.1, 0.15) is 17.2 Å². The SMILES string of the molecule is COc1ccc2c(c1)=C(C(=O)c1ccnc(C(=O)C3=c4cc(OC)ccc4=NCC3)n1)CCN=2. The molecule has 2 aromatic carbocycles. The van der Waals surface area contributed by atoms with Crippen molar-refractivity contribution in [3.63, 3.8) is 0 Å². The van der Waals surface area contributed by atoms with Crippen LogP contribution >= 0.6 is 0 Å². The first-order valence-corrected chi connectivity index (χ1v) is 10.9. The molecular formula is C26H22N4O4. The number of Topliss-reactive ketones (excluding diaryl/α,β-unsaturated/α-hetero) is 2. The molecule has 0 saturated heterocycles. The number of hydrogen-bond acceptors (Lipinski definition) is 8. The number of rotatable bonds is 6. The van der Waals surface area contributed by atoms with Crippen LogP contribution in [-0.2, 0) is 0 Å². The van der Waals surface area contributed by atoms with Crippen LogP contribution < -0.4 is 30.6 Å². The molecule has 0 aliphatic carbocycles. The number of methoxy groups -OCH3 is 2. The van der Waals surface area contributed by atoms with Gasteiger partial charge in [0.2, 0.25) is 17.4 Å². The summed E-state index contributed by atoms with van der Waals surface area (Å²) in [6.45, 7) is 1.01. The lowest BCUT2D eigenvalue weighted by Crippen LogP contribution is -2.34. The third-order valence-electron chi connectivity index (χ3n) is 5.99. The molecule has 0 radical (unpaired) electrons. The van der Waals surface area contributed by atoms with Crippen molar-refractivity contribution >= 4 is 22.7 Å². The molecule has 0 fully saturated rings. The topological polar surface area (TPSA) is 103 Å². The summed E-state index contributed by atoms with van der Waals surface area (Å²) in [4.78, 5) is 44.4. The van der Waals surface area contributed by atoms with Gasteiger partial charge in [-0.1, -0.05) is 0 Å². The summed E-state index contributed by atoms with van der Waals surface area (Å²) in [6.07, 6.45) is 2.40. The zero-order valence-electron chi connectivity index (χ0n) is 18.9. The summed E-state index contributed by atoms with van der Waals surface area (Å²) in [5.41, 5.74) is 1.34. The first-order chi connectivity index (χ1) is 16.6. The molecule has 8 heteroatoms. The highest BCUT2D eigenvalue weighted by Gasteiger charge is 2.22. The lowest BCUT2D eigenvalue weighted by atomic mass is 9.98. The molecule has 1 aromatic heterocycles. The van der Waals surface area contributed by atoms with Crippen LogP contribution in [0.15, 0.2) is 58.6 Å². The van der Waals surface area contributed by atoms with Gasteiger partial charge in [-0.15, -0.1) is 0 Å². The summed E-state index contributed by atoms with van der Waals surface area (Å²) >= 11 is 0. The maximum atomic E-state index is 13.4. The standard InChI is InChI=1S/C26H22N4O4/c1-33-15-3-5-21-19(13-15)17(7-10-27-21)24(31)23-9-12-29-26(30-23)25(32)18-8-11-28-22-6-4-16(34-2)14-20(18)22/h3-6,9,12-14H,7-8,10-11H2,1-2H3. The third-order valence-corrected chi connectivity index (χ3v) is 5.99. The van der Waals surface area contributed by atoms with Crippen LogP contribution in [0.3, 0.4) is 0 Å². The number of ether oxygens (including phenoxy) is 2. The molecule has 5 rings (SSSR count). The Morgan fingerprint density at radius 1 is 0.765 bits per heavy atom. The number of nitrogens with zero attached hydrogens (tertiary/aromatic N) is 4. The molecular weight excluding hydrogens is 432 g/mol. The smallest absolute Gasteiger partial charge is 0.226 e. The molecule has 0 atom stereocenters. The lowest BCUT2D eigenvalue weighted by Gasteiger charge is -2.12. The van der Waals surface area contributed by atoms with Crippen molar-refractivity contribution in [1.29, 1.82) is 0 Å². The zero-order valence-corrected chi connectivity index (χ0v) is 18.9. The fraction of sp³-hybridized carbons (Fsp3) is 0.231. The molecule has 34 heavy (non-hydrogen) atoms. The van der Waals surface area contributed by atoms with E-state index in [1.54, 1.807) is 20.3 Å². The summed E-state index contributed by atoms with van der Waals surface area (Å²) in [5, 5.41) is 2.91. The minimum Gasteiger partial charge on any atom is -0.497 e. The Labute approximate surface area is 195 Å². The van der Waals surface area contributed by atoms with Crippen molar-refractivity contribution in [2.24, 2.45) is 9.98 Å². The number of aromatic nitrogens is 2. The fourth-order valence-electron chi connectivity index (χ4n) is 4.24. The van der Waals surface area contributed by atoms with Crippen molar-refractivity contribution in [3.8, 4) is 11.5 Å². The minimum absolute atomic E-state index is 0.0107. The van der Waals surface area contributed by atoms with E-state index in [2.05, 4.69) is 20.0 Å². The highest BCUT2D eigenvalue weighted by atomic mass is 16.5. The Hall–Kier alpha value is -4.20. The Morgan fingerprint density at radius 3 is 1.88 bits per heavy atom. The Morgan fingerprint density at radius 2 is 1.32 bits per heavy atom. The quantitative estimate of drug-likeness (QED) is 0.506. The summed E-state index contributed by atoms with van der Waals surface area (Å²) < 4.78 is 10.6. The van der Waals surface area contributed by atoms with Gasteiger partial charge >= 0.3 is 0 Å². The van der Waals surface area contributed by atoms with E-state index in [0.717, 1.165) is 15.9 Å². The molecule has 0 bridgehead atoms. The molecule has 3 heterocycles. The van der Waals surface area contributed by atoms with Crippen molar-refractivity contribution in [2.75, 3.05) is 27.3 Å². The van der Waals surface area contributed by atoms with Crippen LogP contribution in [0.25, 0.3) is 11.1 Å². The van der Waals surface area contributed by atoms with Crippen molar-refractivity contribution in [2.45, 2.75) is 12.8 Å². The molecule has 0 unspecified atom stereocenters. The van der Waals surface area contributed by atoms with Crippen LogP contribution in [0.5, 0.6) is 11.5 Å². The third kappa shape index (κ3) is 3.87. The fourth-order valence-corrected chi connectivity index (χ4v) is 4.24. The van der Waals surface area contributed by atoms with E-state index < -0.39 is 0 Å². The van der Waals surface area contributed by atoms with Gasteiger partial charge in [0.25, 0.3) is 0 Å². The van der Waals surface area contributed by atoms with E-state index in [-0.39, 0.29) is 23.1 Å². The number of fused-ring (bicyclic) bond motifs is 2. The van der Waals surface area contributed by atoms with Crippen LogP contribution in [0.2, 0.25) is 0 Å². The molecule has 0 N–H and O–H groups in total. The Balaban J connectivity index is 1.58. The molecule has 170 valence electrons. The van der Waals surface area contributed by atoms with Gasteiger partial charge in [0.05, 0.1) is 24.9 Å². The van der Waals surface area contributed by atoms with E-state index in [0.29, 0.717) is 53.8 Å². The normalized spacial score (nSPS) is 14.3. The van der Waals surface area contributed by atoms with Crippen LogP contribution in [0, 0.1) is 0 Å². The maximum Gasteiger partial charge on any atom is 0.226 e. The molecule has 8 nitrogen and oxygen atoms in total. The van der Waals surface area contributed by atoms with Crippen LogP contribution in [0.4, 0.5) is 0 Å².